The van der Waals surface area contributed by atoms with Crippen molar-refractivity contribution in [2.24, 2.45) is 11.8 Å². The van der Waals surface area contributed by atoms with Gasteiger partial charge in [0.25, 0.3) is 0 Å². The number of sulfonamides is 1. The van der Waals surface area contributed by atoms with Crippen LogP contribution in [0.3, 0.4) is 0 Å². The standard InChI is InChI=1S/C25H26F6N2O2S/c26-24(27,28)18-4-1-3-16(11-18)13-32-14-17-7-10-23(22(17)15-32)33(20-8-9-20)36(34,35)21-6-2-5-19(12-21)25(29,30)31/h1-6,11-12,17,20,22-23H,7-10,13-15H2/t17-,22-,23-/m1/s1. The summed E-state index contributed by atoms with van der Waals surface area (Å²) in [7, 11) is -4.15. The SMILES string of the molecule is O=S(=O)(c1cccc(C(F)(F)F)c1)N(C1CC1)[C@@H]1CC[C@@H]2CN(Cc3cccc(C(F)(F)F)c3)C[C@H]21. The van der Waals surface area contributed by atoms with Crippen LogP contribution in [-0.4, -0.2) is 42.8 Å². The van der Waals surface area contributed by atoms with Crippen molar-refractivity contribution in [3.8, 4) is 0 Å². The number of hydrogen-bond donors (Lipinski definition) is 0. The molecular weight excluding hydrogens is 506 g/mol. The highest BCUT2D eigenvalue weighted by atomic mass is 32.2. The average Bonchev–Trinajstić information content (AvgIpc) is 3.44. The highest BCUT2D eigenvalue weighted by Crippen LogP contribution is 2.46. The Hall–Kier alpha value is -2.11. The molecule has 0 N–H and O–H groups in total. The van der Waals surface area contributed by atoms with E-state index in [9.17, 15) is 34.8 Å². The largest absolute Gasteiger partial charge is 0.416 e. The molecular formula is C25H26F6N2O2S. The predicted molar refractivity (Wildman–Crippen MR) is 120 cm³/mol. The number of nitrogens with zero attached hydrogens (tertiary/aromatic N) is 2. The van der Waals surface area contributed by atoms with Crippen LogP contribution >= 0.6 is 0 Å². The van der Waals surface area contributed by atoms with Crippen LogP contribution in [0, 0.1) is 11.8 Å². The molecule has 1 heterocycles. The van der Waals surface area contributed by atoms with Gasteiger partial charge in [0.2, 0.25) is 10.0 Å². The topological polar surface area (TPSA) is 40.6 Å². The van der Waals surface area contributed by atoms with Gasteiger partial charge in [-0.1, -0.05) is 24.3 Å². The van der Waals surface area contributed by atoms with Crippen LogP contribution in [0.4, 0.5) is 26.3 Å². The Kier molecular flexibility index (Phi) is 6.40. The van der Waals surface area contributed by atoms with E-state index in [0.29, 0.717) is 50.5 Å². The maximum Gasteiger partial charge on any atom is 0.416 e. The fraction of sp³-hybridized carbons (Fsp3) is 0.520. The number of alkyl halides is 6. The summed E-state index contributed by atoms with van der Waals surface area (Å²) in [4.78, 5) is 1.70. The van der Waals surface area contributed by atoms with Gasteiger partial charge < -0.3 is 0 Å². The van der Waals surface area contributed by atoms with Crippen LogP contribution in [0.5, 0.6) is 0 Å². The Bertz CT molecular complexity index is 1230. The first-order valence-electron chi connectivity index (χ1n) is 11.9. The molecule has 0 aromatic heterocycles. The van der Waals surface area contributed by atoms with E-state index in [1.807, 2.05) is 0 Å². The van der Waals surface area contributed by atoms with Gasteiger partial charge in [-0.3, -0.25) is 4.90 Å². The van der Waals surface area contributed by atoms with Gasteiger partial charge in [0, 0.05) is 31.7 Å². The van der Waals surface area contributed by atoms with Crippen molar-refractivity contribution in [1.82, 2.24) is 9.21 Å². The van der Waals surface area contributed by atoms with Gasteiger partial charge in [-0.25, -0.2) is 8.42 Å². The van der Waals surface area contributed by atoms with Gasteiger partial charge in [0.15, 0.2) is 0 Å². The van der Waals surface area contributed by atoms with Crippen molar-refractivity contribution in [2.75, 3.05) is 13.1 Å². The third kappa shape index (κ3) is 5.02. The molecule has 0 amide bonds. The molecule has 196 valence electrons. The Morgan fingerprint density at radius 2 is 1.47 bits per heavy atom. The van der Waals surface area contributed by atoms with E-state index in [-0.39, 0.29) is 28.8 Å². The molecule has 5 rings (SSSR count). The van der Waals surface area contributed by atoms with Crippen LogP contribution in [-0.2, 0) is 28.9 Å². The van der Waals surface area contributed by atoms with E-state index >= 15 is 0 Å². The zero-order valence-corrected chi connectivity index (χ0v) is 20.1. The lowest BCUT2D eigenvalue weighted by Crippen LogP contribution is -2.45. The van der Waals surface area contributed by atoms with E-state index in [4.69, 9.17) is 0 Å². The molecule has 2 saturated carbocycles. The van der Waals surface area contributed by atoms with Gasteiger partial charge in [0.1, 0.15) is 0 Å². The zero-order valence-electron chi connectivity index (χ0n) is 19.3. The molecule has 2 aliphatic carbocycles. The molecule has 0 spiro atoms. The molecule has 3 aliphatic rings. The second-order valence-corrected chi connectivity index (χ2v) is 11.9. The van der Waals surface area contributed by atoms with E-state index < -0.39 is 33.5 Å². The minimum atomic E-state index is -4.65. The highest BCUT2D eigenvalue weighted by Gasteiger charge is 2.52. The van der Waals surface area contributed by atoms with E-state index in [1.165, 1.54) is 16.4 Å². The summed E-state index contributed by atoms with van der Waals surface area (Å²) >= 11 is 0. The van der Waals surface area contributed by atoms with Crippen molar-refractivity contribution in [3.05, 3.63) is 65.2 Å². The second-order valence-electron chi connectivity index (χ2n) is 10.1. The minimum Gasteiger partial charge on any atom is -0.298 e. The third-order valence-electron chi connectivity index (χ3n) is 7.53. The number of hydrogen-bond acceptors (Lipinski definition) is 3. The molecule has 2 aromatic carbocycles. The fourth-order valence-electron chi connectivity index (χ4n) is 5.81. The van der Waals surface area contributed by atoms with Crippen LogP contribution in [0.15, 0.2) is 53.4 Å². The molecule has 1 aliphatic heterocycles. The molecule has 0 bridgehead atoms. The van der Waals surface area contributed by atoms with Crippen molar-refractivity contribution in [3.63, 3.8) is 0 Å². The molecule has 36 heavy (non-hydrogen) atoms. The molecule has 0 radical (unpaired) electrons. The first-order chi connectivity index (χ1) is 16.8. The number of rotatable bonds is 6. The smallest absolute Gasteiger partial charge is 0.298 e. The third-order valence-corrected chi connectivity index (χ3v) is 9.50. The average molecular weight is 533 g/mol. The Balaban J connectivity index is 1.36. The maximum absolute atomic E-state index is 13.6. The summed E-state index contributed by atoms with van der Waals surface area (Å²) in [6, 6.07) is 8.51. The highest BCUT2D eigenvalue weighted by molar-refractivity contribution is 7.89. The Labute approximate surface area is 205 Å². The first-order valence-corrected chi connectivity index (χ1v) is 13.4. The number of fused-ring (bicyclic) bond motifs is 1. The molecule has 3 atom stereocenters. The van der Waals surface area contributed by atoms with Gasteiger partial charge in [-0.15, -0.1) is 0 Å². The van der Waals surface area contributed by atoms with Crippen LogP contribution in [0.25, 0.3) is 0 Å². The minimum absolute atomic E-state index is 0.0167. The maximum atomic E-state index is 13.6. The number of halogens is 6. The lowest BCUT2D eigenvalue weighted by atomic mass is 9.98. The summed E-state index contributed by atoms with van der Waals surface area (Å²) in [6.07, 6.45) is -6.34. The fourth-order valence-corrected chi connectivity index (χ4v) is 7.80. The summed E-state index contributed by atoms with van der Waals surface area (Å²) in [5.41, 5.74) is -1.17. The predicted octanol–water partition coefficient (Wildman–Crippen LogP) is 5.79. The number of likely N-dealkylation sites (tertiary alicyclic amines) is 1. The lowest BCUT2D eigenvalue weighted by molar-refractivity contribution is -0.138. The molecule has 1 saturated heterocycles. The summed E-state index contributed by atoms with van der Waals surface area (Å²) in [5, 5.41) is 0. The first kappa shape index (κ1) is 25.5. The van der Waals surface area contributed by atoms with Crippen LogP contribution in [0.1, 0.15) is 42.4 Å². The van der Waals surface area contributed by atoms with E-state index in [1.54, 1.807) is 6.07 Å². The monoisotopic (exact) mass is 532 g/mol. The number of benzene rings is 2. The molecule has 11 heteroatoms. The summed E-state index contributed by atoms with van der Waals surface area (Å²) in [6.45, 7) is 1.51. The van der Waals surface area contributed by atoms with Crippen molar-refractivity contribution in [2.45, 2.75) is 61.6 Å². The van der Waals surface area contributed by atoms with Gasteiger partial charge in [-0.2, -0.15) is 30.6 Å². The van der Waals surface area contributed by atoms with Crippen molar-refractivity contribution in [1.29, 1.82) is 0 Å². The zero-order chi connectivity index (χ0) is 25.9. The van der Waals surface area contributed by atoms with E-state index in [0.717, 1.165) is 30.7 Å². The summed E-state index contributed by atoms with van der Waals surface area (Å²) in [5.74, 6) is 0.177. The molecule has 3 fully saturated rings. The normalized spacial score (nSPS) is 25.5. The van der Waals surface area contributed by atoms with Gasteiger partial charge in [-0.05, 0) is 67.3 Å². The van der Waals surface area contributed by atoms with Crippen LogP contribution < -0.4 is 0 Å². The van der Waals surface area contributed by atoms with Gasteiger partial charge >= 0.3 is 12.4 Å². The summed E-state index contributed by atoms with van der Waals surface area (Å²) < 4.78 is 108. The van der Waals surface area contributed by atoms with Gasteiger partial charge in [0.05, 0.1) is 16.0 Å². The van der Waals surface area contributed by atoms with Crippen molar-refractivity contribution >= 4 is 10.0 Å². The Morgan fingerprint density at radius 3 is 2.11 bits per heavy atom. The molecule has 4 nitrogen and oxygen atoms in total. The second kappa shape index (κ2) is 9.02. The molecule has 2 aromatic rings. The van der Waals surface area contributed by atoms with Crippen LogP contribution in [0.2, 0.25) is 0 Å². The molecule has 0 unspecified atom stereocenters. The quantitative estimate of drug-likeness (QED) is 0.443. The van der Waals surface area contributed by atoms with Crippen molar-refractivity contribution < 1.29 is 34.8 Å². The Morgan fingerprint density at radius 1 is 0.833 bits per heavy atom. The lowest BCUT2D eigenvalue weighted by Gasteiger charge is -2.32. The van der Waals surface area contributed by atoms with E-state index in [2.05, 4.69) is 4.90 Å².